The molecule has 4 heterocycles. The number of nitrogens with zero attached hydrogens (tertiary/aromatic N) is 6. The first-order chi connectivity index (χ1) is 19.2. The molecule has 39 heavy (non-hydrogen) atoms. The van der Waals surface area contributed by atoms with Crippen LogP contribution in [0.25, 0.3) is 11.3 Å². The summed E-state index contributed by atoms with van der Waals surface area (Å²) in [4.78, 5) is 9.53. The van der Waals surface area contributed by atoms with Gasteiger partial charge < -0.3 is 14.2 Å². The lowest BCUT2D eigenvalue weighted by Gasteiger charge is -2.26. The van der Waals surface area contributed by atoms with Crippen LogP contribution in [0, 0.1) is 6.92 Å². The molecule has 0 aliphatic carbocycles. The van der Waals surface area contributed by atoms with Crippen LogP contribution >= 0.6 is 0 Å². The average Bonchev–Trinajstić information content (AvgIpc) is 3.56. The Morgan fingerprint density at radius 1 is 0.846 bits per heavy atom. The predicted molar refractivity (Wildman–Crippen MR) is 144 cm³/mol. The minimum absolute atomic E-state index is 0.196. The van der Waals surface area contributed by atoms with E-state index in [9.17, 15) is 0 Å². The highest BCUT2D eigenvalue weighted by atomic mass is 16.5. The lowest BCUT2D eigenvalue weighted by Crippen LogP contribution is -2.16. The maximum Gasteiger partial charge on any atom is 0.230 e. The first kappa shape index (κ1) is 23.0. The topological polar surface area (TPSA) is 88.6 Å². The van der Waals surface area contributed by atoms with Crippen LogP contribution in [0.3, 0.4) is 0 Å². The summed E-state index contributed by atoms with van der Waals surface area (Å²) in [7, 11) is 1.63. The summed E-state index contributed by atoms with van der Waals surface area (Å²) in [5.41, 5.74) is 5.37. The van der Waals surface area contributed by atoms with Gasteiger partial charge in [0.15, 0.2) is 11.5 Å². The molecule has 3 aromatic heterocycles. The van der Waals surface area contributed by atoms with E-state index in [0.717, 1.165) is 33.8 Å². The summed E-state index contributed by atoms with van der Waals surface area (Å²) < 4.78 is 21.2. The van der Waals surface area contributed by atoms with Gasteiger partial charge in [-0.15, -0.1) is 5.10 Å². The minimum Gasteiger partial charge on any atom is -0.497 e. The molecule has 1 aliphatic rings. The summed E-state index contributed by atoms with van der Waals surface area (Å²) in [6.07, 6.45) is 1.63. The number of methoxy groups -OCH3 is 1. The van der Waals surface area contributed by atoms with Crippen LogP contribution in [0.2, 0.25) is 0 Å². The Labute approximate surface area is 224 Å². The molecule has 9 heteroatoms. The molecule has 0 saturated carbocycles. The van der Waals surface area contributed by atoms with Crippen molar-refractivity contribution in [2.45, 2.75) is 19.4 Å². The van der Waals surface area contributed by atoms with Gasteiger partial charge in [-0.05, 0) is 48.9 Å². The van der Waals surface area contributed by atoms with Crippen molar-refractivity contribution in [1.82, 2.24) is 29.4 Å². The van der Waals surface area contributed by atoms with Crippen molar-refractivity contribution in [3.8, 4) is 28.9 Å². The maximum atomic E-state index is 6.47. The Balaban J connectivity index is 1.33. The number of aromatic nitrogens is 6. The van der Waals surface area contributed by atoms with Crippen molar-refractivity contribution in [2.75, 3.05) is 7.11 Å². The third-order valence-corrected chi connectivity index (χ3v) is 6.83. The fourth-order valence-corrected chi connectivity index (χ4v) is 5.03. The summed E-state index contributed by atoms with van der Waals surface area (Å²) in [5, 5.41) is 9.52. The highest BCUT2D eigenvalue weighted by Gasteiger charge is 2.38. The van der Waals surface area contributed by atoms with Crippen molar-refractivity contribution in [1.29, 1.82) is 0 Å². The van der Waals surface area contributed by atoms with E-state index in [2.05, 4.69) is 22.2 Å². The van der Waals surface area contributed by atoms with Crippen LogP contribution in [0.5, 0.6) is 23.3 Å². The molecule has 0 spiro atoms. The van der Waals surface area contributed by atoms with Crippen molar-refractivity contribution in [3.63, 3.8) is 0 Å². The normalized spacial score (nSPS) is 13.9. The second kappa shape index (κ2) is 9.29. The fraction of sp³-hybridized carbons (Fsp3) is 0.133. The van der Waals surface area contributed by atoms with E-state index in [1.54, 1.807) is 18.0 Å². The van der Waals surface area contributed by atoms with Gasteiger partial charge in [0.25, 0.3) is 0 Å². The van der Waals surface area contributed by atoms with Crippen LogP contribution in [-0.2, 0) is 6.61 Å². The SMILES string of the molecule is COc1ccc(OCc2nc3c4c(ncn3n2)Oc2c(c(C)nn2-c2ccccc2)C4c2ccccc2)cc1. The maximum absolute atomic E-state index is 6.47. The second-order valence-corrected chi connectivity index (χ2v) is 9.22. The average molecular weight is 517 g/mol. The van der Waals surface area contributed by atoms with Gasteiger partial charge in [0, 0.05) is 0 Å². The Morgan fingerprint density at radius 2 is 1.56 bits per heavy atom. The zero-order valence-corrected chi connectivity index (χ0v) is 21.4. The molecule has 0 N–H and O–H groups in total. The van der Waals surface area contributed by atoms with Crippen LogP contribution in [0.15, 0.2) is 91.3 Å². The molecule has 0 fully saturated rings. The molecule has 1 unspecified atom stereocenters. The monoisotopic (exact) mass is 516 g/mol. The minimum atomic E-state index is -0.196. The van der Waals surface area contributed by atoms with Crippen molar-refractivity contribution in [3.05, 3.63) is 119 Å². The van der Waals surface area contributed by atoms with Crippen molar-refractivity contribution >= 4 is 5.65 Å². The molecule has 0 bridgehead atoms. The van der Waals surface area contributed by atoms with E-state index in [-0.39, 0.29) is 12.5 Å². The molecule has 1 aliphatic heterocycles. The molecule has 0 saturated heterocycles. The lowest BCUT2D eigenvalue weighted by atomic mass is 9.84. The third-order valence-electron chi connectivity index (χ3n) is 6.83. The van der Waals surface area contributed by atoms with E-state index in [1.165, 1.54) is 0 Å². The fourth-order valence-electron chi connectivity index (χ4n) is 5.03. The Hall–Kier alpha value is -5.18. The molecule has 0 radical (unpaired) electrons. The molecule has 9 nitrogen and oxygen atoms in total. The summed E-state index contributed by atoms with van der Waals surface area (Å²) >= 11 is 0. The summed E-state index contributed by atoms with van der Waals surface area (Å²) in [6, 6.07) is 27.7. The van der Waals surface area contributed by atoms with E-state index in [4.69, 9.17) is 24.3 Å². The van der Waals surface area contributed by atoms with E-state index in [1.807, 2.05) is 84.4 Å². The van der Waals surface area contributed by atoms with Gasteiger partial charge in [0.2, 0.25) is 11.8 Å². The number of hydrogen-bond acceptors (Lipinski definition) is 7. The zero-order chi connectivity index (χ0) is 26.3. The van der Waals surface area contributed by atoms with Gasteiger partial charge in [-0.2, -0.15) is 5.10 Å². The third kappa shape index (κ3) is 3.95. The number of rotatable bonds is 6. The Bertz CT molecular complexity index is 1780. The second-order valence-electron chi connectivity index (χ2n) is 9.22. The van der Waals surface area contributed by atoms with Crippen LogP contribution in [0.4, 0.5) is 0 Å². The quantitative estimate of drug-likeness (QED) is 0.289. The van der Waals surface area contributed by atoms with Gasteiger partial charge in [0.1, 0.15) is 24.4 Å². The number of ether oxygens (including phenoxy) is 3. The predicted octanol–water partition coefficient (Wildman–Crippen LogP) is 5.49. The molecule has 1 atom stereocenters. The van der Waals surface area contributed by atoms with Gasteiger partial charge >= 0.3 is 0 Å². The Kier molecular flexibility index (Phi) is 5.47. The highest BCUT2D eigenvalue weighted by Crippen LogP contribution is 2.49. The van der Waals surface area contributed by atoms with Crippen molar-refractivity contribution in [2.24, 2.45) is 0 Å². The van der Waals surface area contributed by atoms with Gasteiger partial charge in [-0.3, -0.25) is 0 Å². The van der Waals surface area contributed by atoms with Gasteiger partial charge in [-0.1, -0.05) is 48.5 Å². The first-order valence-corrected chi connectivity index (χ1v) is 12.6. The number of hydrogen-bond donors (Lipinski definition) is 0. The van der Waals surface area contributed by atoms with Gasteiger partial charge in [0.05, 0.1) is 35.5 Å². The van der Waals surface area contributed by atoms with E-state index < -0.39 is 0 Å². The van der Waals surface area contributed by atoms with E-state index in [0.29, 0.717) is 29.0 Å². The van der Waals surface area contributed by atoms with Crippen LogP contribution < -0.4 is 14.2 Å². The molecular formula is C30H24N6O3. The molecule has 0 amide bonds. The smallest absolute Gasteiger partial charge is 0.230 e. The van der Waals surface area contributed by atoms with Crippen molar-refractivity contribution < 1.29 is 14.2 Å². The summed E-state index contributed by atoms with van der Waals surface area (Å²) in [5.74, 6) is 2.95. The van der Waals surface area contributed by atoms with Gasteiger partial charge in [-0.25, -0.2) is 19.2 Å². The lowest BCUT2D eigenvalue weighted by molar-refractivity contribution is 0.295. The Morgan fingerprint density at radius 3 is 2.31 bits per heavy atom. The largest absolute Gasteiger partial charge is 0.497 e. The molecule has 6 aromatic rings. The first-order valence-electron chi connectivity index (χ1n) is 12.6. The molecular weight excluding hydrogens is 492 g/mol. The standard InChI is InChI=1S/C30H24N6O3/c1-19-25-26(20-9-5-3-6-10-20)27-28-32-24(17-38-23-15-13-22(37-2)14-16-23)34-35(28)18-31-29(27)39-30(25)36(33-19)21-11-7-4-8-12-21/h3-16,18,26H,17H2,1-2H3. The molecule has 7 rings (SSSR count). The highest BCUT2D eigenvalue weighted by molar-refractivity contribution is 5.66. The molecule has 3 aromatic carbocycles. The molecule has 192 valence electrons. The van der Waals surface area contributed by atoms with Crippen LogP contribution in [-0.4, -0.2) is 36.5 Å². The van der Waals surface area contributed by atoms with E-state index >= 15 is 0 Å². The number of aryl methyl sites for hydroxylation is 1. The number of fused-ring (bicyclic) bond motifs is 4. The van der Waals surface area contributed by atoms with Crippen LogP contribution in [0.1, 0.15) is 34.1 Å². The summed E-state index contributed by atoms with van der Waals surface area (Å²) in [6.45, 7) is 2.21. The zero-order valence-electron chi connectivity index (χ0n) is 21.4. The number of benzene rings is 3. The number of para-hydroxylation sites is 1.